The molecule has 0 spiro atoms. The summed E-state index contributed by atoms with van der Waals surface area (Å²) in [5, 5.41) is 7.54. The molecule has 0 aliphatic heterocycles. The monoisotopic (exact) mass is 360 g/mol. The third kappa shape index (κ3) is 3.93. The van der Waals surface area contributed by atoms with E-state index in [4.69, 9.17) is 4.42 Å². The molecule has 1 heterocycles. The van der Waals surface area contributed by atoms with Gasteiger partial charge in [-0.3, -0.25) is 4.79 Å². The van der Waals surface area contributed by atoms with Crippen LogP contribution in [0.2, 0.25) is 0 Å². The molecule has 0 bridgehead atoms. The van der Waals surface area contributed by atoms with Crippen molar-refractivity contribution >= 4 is 17.5 Å². The molecule has 0 saturated heterocycles. The molecule has 0 amide bonds. The molecular weight excluding hydrogens is 346 g/mol. The maximum atomic E-state index is 13.3. The van der Waals surface area contributed by atoms with Crippen molar-refractivity contribution in [2.45, 2.75) is 24.3 Å². The fraction of sp³-hybridized carbons (Fsp3) is 0.167. The van der Waals surface area contributed by atoms with Crippen LogP contribution in [0.5, 0.6) is 0 Å². The Hall–Kier alpha value is -2.54. The predicted octanol–water partition coefficient (Wildman–Crippen LogP) is 4.69. The number of benzene rings is 2. The topological polar surface area (TPSA) is 56.0 Å². The molecule has 3 rings (SSSR count). The van der Waals surface area contributed by atoms with Crippen LogP contribution in [0.15, 0.2) is 52.1 Å². The Morgan fingerprint density at radius 1 is 1.08 bits per heavy atom. The lowest BCUT2D eigenvalue weighted by Gasteiger charge is -2.07. The fourth-order valence-corrected chi connectivity index (χ4v) is 2.92. The summed E-state index contributed by atoms with van der Waals surface area (Å²) in [6.45, 7) is 3.62. The van der Waals surface area contributed by atoms with Crippen LogP contribution >= 0.6 is 11.8 Å². The number of aromatic nitrogens is 2. The summed E-state index contributed by atoms with van der Waals surface area (Å²) in [5.41, 5.74) is 1.99. The van der Waals surface area contributed by atoms with Gasteiger partial charge in [0.15, 0.2) is 17.4 Å². The van der Waals surface area contributed by atoms with E-state index >= 15 is 0 Å². The number of halogens is 2. The molecule has 0 saturated carbocycles. The van der Waals surface area contributed by atoms with Gasteiger partial charge in [0.05, 0.1) is 5.25 Å². The van der Waals surface area contributed by atoms with Crippen LogP contribution in [-0.2, 0) is 0 Å². The fourth-order valence-electron chi connectivity index (χ4n) is 2.16. The number of nitrogens with zero attached hydrogens (tertiary/aromatic N) is 2. The maximum Gasteiger partial charge on any atom is 0.277 e. The second-order valence-corrected chi connectivity index (χ2v) is 6.78. The summed E-state index contributed by atoms with van der Waals surface area (Å²) < 4.78 is 31.8. The van der Waals surface area contributed by atoms with Crippen molar-refractivity contribution in [1.82, 2.24) is 10.2 Å². The molecule has 0 aliphatic carbocycles. The molecule has 4 nitrogen and oxygen atoms in total. The van der Waals surface area contributed by atoms with Gasteiger partial charge in [0.2, 0.25) is 5.89 Å². The van der Waals surface area contributed by atoms with Crippen molar-refractivity contribution in [3.05, 3.63) is 65.2 Å². The van der Waals surface area contributed by atoms with E-state index < -0.39 is 16.9 Å². The molecule has 1 atom stereocenters. The Morgan fingerprint density at radius 3 is 2.48 bits per heavy atom. The number of hydrogen-bond donors (Lipinski definition) is 0. The van der Waals surface area contributed by atoms with Gasteiger partial charge in [-0.2, -0.15) is 0 Å². The summed E-state index contributed by atoms with van der Waals surface area (Å²) in [6.07, 6.45) is 0. The van der Waals surface area contributed by atoms with Gasteiger partial charge in [0, 0.05) is 11.1 Å². The van der Waals surface area contributed by atoms with E-state index in [1.807, 2.05) is 31.2 Å². The highest BCUT2D eigenvalue weighted by atomic mass is 32.2. The van der Waals surface area contributed by atoms with E-state index in [9.17, 15) is 13.6 Å². The summed E-state index contributed by atoms with van der Waals surface area (Å²) in [5.74, 6) is -2.03. The molecule has 128 valence electrons. The number of rotatable bonds is 5. The highest BCUT2D eigenvalue weighted by Crippen LogP contribution is 2.28. The minimum Gasteiger partial charge on any atom is -0.411 e. The quantitative estimate of drug-likeness (QED) is 0.488. The number of ketones is 1. The lowest BCUT2D eigenvalue weighted by Crippen LogP contribution is -2.14. The SMILES string of the molecule is Cc1ccc(-c2nnc(S[C@@H](C)C(=O)c3ccc(F)c(F)c3)o2)cc1. The van der Waals surface area contributed by atoms with Crippen LogP contribution in [0, 0.1) is 18.6 Å². The van der Waals surface area contributed by atoms with E-state index in [0.717, 1.165) is 35.0 Å². The molecule has 2 aromatic carbocycles. The summed E-state index contributed by atoms with van der Waals surface area (Å²) in [6, 6.07) is 10.7. The molecule has 0 unspecified atom stereocenters. The smallest absolute Gasteiger partial charge is 0.277 e. The molecular formula is C18H14F2N2O2S. The molecule has 0 N–H and O–H groups in total. The van der Waals surface area contributed by atoms with E-state index in [-0.39, 0.29) is 16.6 Å². The van der Waals surface area contributed by atoms with Crippen LogP contribution in [0.3, 0.4) is 0 Å². The molecule has 25 heavy (non-hydrogen) atoms. The minimum atomic E-state index is -1.05. The number of carbonyl (C=O) groups is 1. The zero-order valence-corrected chi connectivity index (χ0v) is 14.3. The van der Waals surface area contributed by atoms with Gasteiger partial charge in [-0.25, -0.2) is 8.78 Å². The molecule has 0 radical (unpaired) electrons. The zero-order chi connectivity index (χ0) is 18.0. The van der Waals surface area contributed by atoms with E-state index in [1.54, 1.807) is 6.92 Å². The highest BCUT2D eigenvalue weighted by molar-refractivity contribution is 8.00. The lowest BCUT2D eigenvalue weighted by atomic mass is 10.1. The standard InChI is InChI=1S/C18H14F2N2O2S/c1-10-3-5-12(6-4-10)17-21-22-18(24-17)25-11(2)16(23)13-7-8-14(19)15(20)9-13/h3-9,11H,1-2H3/t11-/m0/s1. The van der Waals surface area contributed by atoms with Gasteiger partial charge in [-0.05, 0) is 44.2 Å². The Kier molecular flexibility index (Phi) is 4.94. The van der Waals surface area contributed by atoms with Crippen molar-refractivity contribution < 1.29 is 18.0 Å². The van der Waals surface area contributed by atoms with Crippen molar-refractivity contribution in [2.24, 2.45) is 0 Å². The lowest BCUT2D eigenvalue weighted by molar-refractivity contribution is 0.0993. The van der Waals surface area contributed by atoms with Gasteiger partial charge in [-0.15, -0.1) is 10.2 Å². The second-order valence-electron chi connectivity index (χ2n) is 5.49. The molecule has 0 fully saturated rings. The summed E-state index contributed by atoms with van der Waals surface area (Å²) in [4.78, 5) is 12.3. The van der Waals surface area contributed by atoms with Gasteiger partial charge < -0.3 is 4.42 Å². The average Bonchev–Trinajstić information content (AvgIpc) is 3.05. The Bertz CT molecular complexity index is 910. The number of aryl methyl sites for hydroxylation is 1. The van der Waals surface area contributed by atoms with Crippen molar-refractivity contribution in [2.75, 3.05) is 0 Å². The molecule has 7 heteroatoms. The van der Waals surface area contributed by atoms with Crippen LogP contribution < -0.4 is 0 Å². The van der Waals surface area contributed by atoms with Crippen LogP contribution in [0.4, 0.5) is 8.78 Å². The van der Waals surface area contributed by atoms with Gasteiger partial charge in [-0.1, -0.05) is 29.5 Å². The number of thioether (sulfide) groups is 1. The Labute approximate surface area is 147 Å². The molecule has 3 aromatic rings. The van der Waals surface area contributed by atoms with Gasteiger partial charge in [0.1, 0.15) is 0 Å². The maximum absolute atomic E-state index is 13.3. The molecule has 0 aliphatic rings. The minimum absolute atomic E-state index is 0.0946. The van der Waals surface area contributed by atoms with Gasteiger partial charge >= 0.3 is 0 Å². The Morgan fingerprint density at radius 2 is 1.80 bits per heavy atom. The first-order chi connectivity index (χ1) is 11.9. The van der Waals surface area contributed by atoms with Crippen LogP contribution in [0.1, 0.15) is 22.8 Å². The number of carbonyl (C=O) groups excluding carboxylic acids is 1. The van der Waals surface area contributed by atoms with Gasteiger partial charge in [0.25, 0.3) is 5.22 Å². The first-order valence-corrected chi connectivity index (χ1v) is 8.38. The highest BCUT2D eigenvalue weighted by Gasteiger charge is 2.21. The third-order valence-corrected chi connectivity index (χ3v) is 4.49. The largest absolute Gasteiger partial charge is 0.411 e. The second kappa shape index (κ2) is 7.14. The zero-order valence-electron chi connectivity index (χ0n) is 13.5. The first-order valence-electron chi connectivity index (χ1n) is 7.50. The summed E-state index contributed by atoms with van der Waals surface area (Å²) in [7, 11) is 0. The first kappa shape index (κ1) is 17.3. The van der Waals surface area contributed by atoms with Crippen LogP contribution in [0.25, 0.3) is 11.5 Å². The third-order valence-electron chi connectivity index (χ3n) is 3.56. The number of Topliss-reactive ketones (excluding diaryl/α,β-unsaturated/α-hetero) is 1. The van der Waals surface area contributed by atoms with Crippen LogP contribution in [-0.4, -0.2) is 21.2 Å². The predicted molar refractivity (Wildman–Crippen MR) is 90.5 cm³/mol. The average molecular weight is 360 g/mol. The number of hydrogen-bond acceptors (Lipinski definition) is 5. The van der Waals surface area contributed by atoms with E-state index in [0.29, 0.717) is 5.89 Å². The normalized spacial score (nSPS) is 12.2. The van der Waals surface area contributed by atoms with E-state index in [1.165, 1.54) is 6.07 Å². The van der Waals surface area contributed by atoms with Crippen molar-refractivity contribution in [1.29, 1.82) is 0 Å². The van der Waals surface area contributed by atoms with Crippen molar-refractivity contribution in [3.63, 3.8) is 0 Å². The molecule has 1 aromatic heterocycles. The summed E-state index contributed by atoms with van der Waals surface area (Å²) >= 11 is 1.07. The Balaban J connectivity index is 1.72. The van der Waals surface area contributed by atoms with Crippen molar-refractivity contribution in [3.8, 4) is 11.5 Å². The van der Waals surface area contributed by atoms with E-state index in [2.05, 4.69) is 10.2 Å².